The summed E-state index contributed by atoms with van der Waals surface area (Å²) in [7, 11) is 0.924. The predicted molar refractivity (Wildman–Crippen MR) is 109 cm³/mol. The lowest BCUT2D eigenvalue weighted by atomic mass is 9.75. The van der Waals surface area contributed by atoms with Gasteiger partial charge in [-0.15, -0.1) is 0 Å². The molecule has 0 saturated heterocycles. The molecule has 7 heteroatoms. The summed E-state index contributed by atoms with van der Waals surface area (Å²) >= 11 is 0. The lowest BCUT2D eigenvalue weighted by Crippen LogP contribution is -2.55. The van der Waals surface area contributed by atoms with Crippen molar-refractivity contribution in [3.05, 3.63) is 29.3 Å². The molecule has 0 radical (unpaired) electrons. The Balaban J connectivity index is 1.72. The van der Waals surface area contributed by atoms with Crippen LogP contribution in [0.5, 0.6) is 0 Å². The van der Waals surface area contributed by atoms with E-state index < -0.39 is 10.0 Å². The number of carbonyl (C=O) groups excluding carboxylic acids is 1. The number of likely N-dealkylation sites (N-methyl/N-ethyl adjacent to an activating group) is 1. The van der Waals surface area contributed by atoms with Crippen molar-refractivity contribution < 1.29 is 13.2 Å². The molecule has 1 fully saturated rings. The standard InChI is InChI=1S/C20H31N3O3S/c1-15-6-5-10-20(13-15,22(2)3)14-21-19(24)17-7-8-18-16(12-17)9-11-23(18)27(4,25)26/h7-8,12,15H,5-6,9-11,13-14H2,1-4H3,(H,21,24)/t15-,20-/m1/s1. The Labute approximate surface area is 163 Å². The van der Waals surface area contributed by atoms with Gasteiger partial charge >= 0.3 is 0 Å². The Morgan fingerprint density at radius 3 is 2.74 bits per heavy atom. The van der Waals surface area contributed by atoms with Gasteiger partial charge in [-0.3, -0.25) is 9.10 Å². The Hall–Kier alpha value is -1.60. The Kier molecular flexibility index (Phi) is 5.54. The Morgan fingerprint density at radius 1 is 1.37 bits per heavy atom. The molecule has 1 heterocycles. The molecule has 1 N–H and O–H groups in total. The topological polar surface area (TPSA) is 69.7 Å². The fraction of sp³-hybridized carbons (Fsp3) is 0.650. The van der Waals surface area contributed by atoms with Crippen molar-refractivity contribution in [2.24, 2.45) is 5.92 Å². The van der Waals surface area contributed by atoms with Crippen LogP contribution in [0.2, 0.25) is 0 Å². The summed E-state index contributed by atoms with van der Waals surface area (Å²) in [6.45, 7) is 3.36. The molecule has 2 aliphatic rings. The molecule has 0 aromatic heterocycles. The molecule has 0 bridgehead atoms. The number of rotatable bonds is 5. The van der Waals surface area contributed by atoms with E-state index in [0.29, 0.717) is 36.7 Å². The molecule has 1 amide bonds. The normalized spacial score (nSPS) is 25.5. The van der Waals surface area contributed by atoms with Crippen LogP contribution in [0.3, 0.4) is 0 Å². The zero-order valence-electron chi connectivity index (χ0n) is 16.8. The van der Waals surface area contributed by atoms with E-state index >= 15 is 0 Å². The second-order valence-electron chi connectivity index (χ2n) is 8.43. The predicted octanol–water partition coefficient (Wildman–Crippen LogP) is 2.25. The number of fused-ring (bicyclic) bond motifs is 1. The number of hydrogen-bond donors (Lipinski definition) is 1. The van der Waals surface area contributed by atoms with E-state index in [1.54, 1.807) is 12.1 Å². The first kappa shape index (κ1) is 20.1. The molecule has 27 heavy (non-hydrogen) atoms. The number of benzene rings is 1. The van der Waals surface area contributed by atoms with Crippen LogP contribution in [0.15, 0.2) is 18.2 Å². The highest BCUT2D eigenvalue weighted by molar-refractivity contribution is 7.92. The molecule has 0 spiro atoms. The van der Waals surface area contributed by atoms with E-state index in [9.17, 15) is 13.2 Å². The second kappa shape index (κ2) is 7.43. The first-order valence-corrected chi connectivity index (χ1v) is 11.5. The van der Waals surface area contributed by atoms with Crippen LogP contribution in [0.25, 0.3) is 0 Å². The quantitative estimate of drug-likeness (QED) is 0.833. The SMILES string of the molecule is C[C@@H]1CCC[C@@](CNC(=O)c2ccc3c(c2)CCN3S(C)(=O)=O)(N(C)C)C1. The van der Waals surface area contributed by atoms with Gasteiger partial charge in [-0.25, -0.2) is 8.42 Å². The summed E-state index contributed by atoms with van der Waals surface area (Å²) < 4.78 is 25.1. The summed E-state index contributed by atoms with van der Waals surface area (Å²) in [6, 6.07) is 5.31. The van der Waals surface area contributed by atoms with Crippen LogP contribution >= 0.6 is 0 Å². The van der Waals surface area contributed by atoms with Crippen molar-refractivity contribution in [3.63, 3.8) is 0 Å². The van der Waals surface area contributed by atoms with Gasteiger partial charge in [0.05, 0.1) is 11.9 Å². The summed E-state index contributed by atoms with van der Waals surface area (Å²) in [6.07, 6.45) is 6.49. The van der Waals surface area contributed by atoms with Crippen LogP contribution in [0, 0.1) is 5.92 Å². The molecule has 1 aromatic carbocycles. The van der Waals surface area contributed by atoms with E-state index in [2.05, 4.69) is 31.2 Å². The highest BCUT2D eigenvalue weighted by atomic mass is 32.2. The molecule has 1 aromatic rings. The number of amides is 1. The molecule has 1 aliphatic heterocycles. The number of nitrogens with zero attached hydrogens (tertiary/aromatic N) is 2. The van der Waals surface area contributed by atoms with Crippen LogP contribution in [0.4, 0.5) is 5.69 Å². The third kappa shape index (κ3) is 4.14. The van der Waals surface area contributed by atoms with E-state index in [4.69, 9.17) is 0 Å². The van der Waals surface area contributed by atoms with Gasteiger partial charge in [0.15, 0.2) is 0 Å². The monoisotopic (exact) mass is 393 g/mol. The zero-order valence-corrected chi connectivity index (χ0v) is 17.6. The number of anilines is 1. The molecular formula is C20H31N3O3S. The molecule has 3 rings (SSSR count). The summed E-state index contributed by atoms with van der Waals surface area (Å²) in [5, 5.41) is 3.13. The van der Waals surface area contributed by atoms with E-state index in [-0.39, 0.29) is 11.4 Å². The molecule has 150 valence electrons. The van der Waals surface area contributed by atoms with Crippen LogP contribution < -0.4 is 9.62 Å². The van der Waals surface area contributed by atoms with Gasteiger partial charge in [-0.05, 0) is 63.0 Å². The minimum Gasteiger partial charge on any atom is -0.350 e. The van der Waals surface area contributed by atoms with Crippen LogP contribution in [-0.4, -0.2) is 58.2 Å². The summed E-state index contributed by atoms with van der Waals surface area (Å²) in [5.74, 6) is 0.579. The van der Waals surface area contributed by atoms with Crippen LogP contribution in [0.1, 0.15) is 48.5 Å². The average Bonchev–Trinajstić information content (AvgIpc) is 3.03. The first-order chi connectivity index (χ1) is 12.6. The van der Waals surface area contributed by atoms with Crippen molar-refractivity contribution >= 4 is 21.6 Å². The van der Waals surface area contributed by atoms with Gasteiger partial charge in [-0.1, -0.05) is 19.8 Å². The minimum atomic E-state index is -3.27. The van der Waals surface area contributed by atoms with E-state index in [1.807, 2.05) is 6.07 Å². The smallest absolute Gasteiger partial charge is 0.251 e. The maximum atomic E-state index is 12.8. The van der Waals surface area contributed by atoms with Crippen molar-refractivity contribution in [1.29, 1.82) is 0 Å². The molecular weight excluding hydrogens is 362 g/mol. The maximum Gasteiger partial charge on any atom is 0.251 e. The largest absolute Gasteiger partial charge is 0.350 e. The fourth-order valence-electron chi connectivity index (χ4n) is 4.56. The van der Waals surface area contributed by atoms with E-state index in [0.717, 1.165) is 18.4 Å². The third-order valence-corrected chi connectivity index (χ3v) is 7.37. The number of sulfonamides is 1. The first-order valence-electron chi connectivity index (χ1n) is 9.69. The van der Waals surface area contributed by atoms with Gasteiger partial charge in [0.1, 0.15) is 0 Å². The Morgan fingerprint density at radius 2 is 2.11 bits per heavy atom. The van der Waals surface area contributed by atoms with Crippen LogP contribution in [-0.2, 0) is 16.4 Å². The number of carbonyl (C=O) groups is 1. The maximum absolute atomic E-state index is 12.8. The van der Waals surface area contributed by atoms with Crippen molar-refractivity contribution in [2.45, 2.75) is 44.6 Å². The van der Waals surface area contributed by atoms with Gasteiger partial charge in [-0.2, -0.15) is 0 Å². The van der Waals surface area contributed by atoms with E-state index in [1.165, 1.54) is 23.4 Å². The van der Waals surface area contributed by atoms with Gasteiger partial charge in [0.25, 0.3) is 5.91 Å². The third-order valence-electron chi connectivity index (χ3n) is 6.19. The van der Waals surface area contributed by atoms with Crippen molar-refractivity contribution in [3.8, 4) is 0 Å². The molecule has 1 saturated carbocycles. The van der Waals surface area contributed by atoms with Gasteiger partial charge in [0.2, 0.25) is 10.0 Å². The lowest BCUT2D eigenvalue weighted by Gasteiger charge is -2.45. The fourth-order valence-corrected chi connectivity index (χ4v) is 5.52. The second-order valence-corrected chi connectivity index (χ2v) is 10.3. The molecule has 0 unspecified atom stereocenters. The minimum absolute atomic E-state index is 0.0111. The summed E-state index contributed by atoms with van der Waals surface area (Å²) in [4.78, 5) is 15.0. The zero-order chi connectivity index (χ0) is 19.8. The van der Waals surface area contributed by atoms with Crippen molar-refractivity contribution in [2.75, 3.05) is 37.7 Å². The van der Waals surface area contributed by atoms with Crippen molar-refractivity contribution in [1.82, 2.24) is 10.2 Å². The lowest BCUT2D eigenvalue weighted by molar-refractivity contribution is 0.0675. The number of hydrogen-bond acceptors (Lipinski definition) is 4. The molecule has 1 aliphatic carbocycles. The number of nitrogens with one attached hydrogen (secondary N) is 1. The molecule has 6 nitrogen and oxygen atoms in total. The Bertz CT molecular complexity index is 822. The highest BCUT2D eigenvalue weighted by Crippen LogP contribution is 2.35. The van der Waals surface area contributed by atoms with Gasteiger partial charge < -0.3 is 10.2 Å². The summed E-state index contributed by atoms with van der Waals surface area (Å²) in [5.41, 5.74) is 2.22. The van der Waals surface area contributed by atoms with Gasteiger partial charge in [0, 0.05) is 24.2 Å². The average molecular weight is 394 g/mol. The molecule has 2 atom stereocenters. The highest BCUT2D eigenvalue weighted by Gasteiger charge is 2.37.